The van der Waals surface area contributed by atoms with E-state index >= 15 is 0 Å². The fraction of sp³-hybridized carbons (Fsp3) is 0.385. The Balaban J connectivity index is 1.57. The molecule has 0 bridgehead atoms. The first-order valence-corrected chi connectivity index (χ1v) is 7.53. The van der Waals surface area contributed by atoms with Gasteiger partial charge in [-0.2, -0.15) is 5.10 Å². The van der Waals surface area contributed by atoms with E-state index < -0.39 is 0 Å². The van der Waals surface area contributed by atoms with E-state index in [0.29, 0.717) is 13.1 Å². The quantitative estimate of drug-likeness (QED) is 0.769. The standard InChI is InChI=1S/C13H16N6OS/c1-9(4-18-8-14-7-16-18)12(20)15-3-11-5-19-10(2)6-21-13(19)17-11/h5-9H,3-4H2,1-2H3,(H,15,20). The van der Waals surface area contributed by atoms with Crippen molar-refractivity contribution in [3.8, 4) is 0 Å². The molecule has 0 aliphatic heterocycles. The number of carbonyl (C=O) groups is 1. The number of aromatic nitrogens is 5. The maximum absolute atomic E-state index is 12.1. The third-order valence-corrected chi connectivity index (χ3v) is 4.21. The molecule has 21 heavy (non-hydrogen) atoms. The van der Waals surface area contributed by atoms with E-state index in [-0.39, 0.29) is 11.8 Å². The monoisotopic (exact) mass is 304 g/mol. The lowest BCUT2D eigenvalue weighted by atomic mass is 10.1. The van der Waals surface area contributed by atoms with Crippen LogP contribution in [0.2, 0.25) is 0 Å². The molecule has 3 heterocycles. The summed E-state index contributed by atoms with van der Waals surface area (Å²) < 4.78 is 3.69. The summed E-state index contributed by atoms with van der Waals surface area (Å²) in [6.45, 7) is 4.86. The lowest BCUT2D eigenvalue weighted by Crippen LogP contribution is -2.31. The first kappa shape index (κ1) is 13.7. The van der Waals surface area contributed by atoms with Gasteiger partial charge in [0.05, 0.1) is 24.7 Å². The second-order valence-electron chi connectivity index (χ2n) is 5.00. The zero-order valence-corrected chi connectivity index (χ0v) is 12.7. The van der Waals surface area contributed by atoms with Crippen LogP contribution >= 0.6 is 11.3 Å². The van der Waals surface area contributed by atoms with Crippen molar-refractivity contribution in [2.75, 3.05) is 0 Å². The molecule has 0 aliphatic rings. The minimum absolute atomic E-state index is 0.0152. The highest BCUT2D eigenvalue weighted by Gasteiger charge is 2.14. The maximum atomic E-state index is 12.1. The van der Waals surface area contributed by atoms with Gasteiger partial charge in [0.25, 0.3) is 0 Å². The number of rotatable bonds is 5. The van der Waals surface area contributed by atoms with Crippen LogP contribution in [0, 0.1) is 12.8 Å². The first-order chi connectivity index (χ1) is 10.1. The zero-order chi connectivity index (χ0) is 14.8. The Hall–Kier alpha value is -2.22. The van der Waals surface area contributed by atoms with Crippen molar-refractivity contribution in [1.29, 1.82) is 0 Å². The maximum Gasteiger partial charge on any atom is 0.225 e. The molecule has 3 aromatic heterocycles. The second kappa shape index (κ2) is 5.65. The van der Waals surface area contributed by atoms with Gasteiger partial charge in [-0.15, -0.1) is 11.3 Å². The summed E-state index contributed by atoms with van der Waals surface area (Å²) in [5, 5.41) is 8.97. The molecule has 0 saturated carbocycles. The van der Waals surface area contributed by atoms with E-state index in [0.717, 1.165) is 16.3 Å². The minimum atomic E-state index is -0.169. The number of thiazole rings is 1. The van der Waals surface area contributed by atoms with Gasteiger partial charge in [-0.05, 0) is 6.92 Å². The van der Waals surface area contributed by atoms with Gasteiger partial charge in [0.15, 0.2) is 4.96 Å². The van der Waals surface area contributed by atoms with Crippen LogP contribution in [-0.2, 0) is 17.9 Å². The van der Waals surface area contributed by atoms with Crippen molar-refractivity contribution in [2.24, 2.45) is 5.92 Å². The van der Waals surface area contributed by atoms with Crippen LogP contribution in [0.15, 0.2) is 24.2 Å². The summed E-state index contributed by atoms with van der Waals surface area (Å²) in [5.74, 6) is -0.184. The zero-order valence-electron chi connectivity index (χ0n) is 11.9. The predicted octanol–water partition coefficient (Wildman–Crippen LogP) is 1.25. The number of hydrogen-bond donors (Lipinski definition) is 1. The molecule has 0 radical (unpaired) electrons. The number of hydrogen-bond acceptors (Lipinski definition) is 5. The van der Waals surface area contributed by atoms with E-state index in [2.05, 4.69) is 25.8 Å². The van der Waals surface area contributed by atoms with E-state index in [4.69, 9.17) is 0 Å². The molecular weight excluding hydrogens is 288 g/mol. The third kappa shape index (κ3) is 2.94. The number of aryl methyl sites for hydroxylation is 1. The molecule has 0 aromatic carbocycles. The average Bonchev–Trinajstić information content (AvgIpc) is 3.16. The Labute approximate surface area is 125 Å². The molecular formula is C13H16N6OS. The molecule has 1 atom stereocenters. The highest BCUT2D eigenvalue weighted by atomic mass is 32.1. The van der Waals surface area contributed by atoms with Crippen LogP contribution in [0.4, 0.5) is 0 Å². The molecule has 0 saturated heterocycles. The van der Waals surface area contributed by atoms with Crippen LogP contribution in [-0.4, -0.2) is 30.1 Å². The fourth-order valence-electron chi connectivity index (χ4n) is 2.07. The van der Waals surface area contributed by atoms with Crippen molar-refractivity contribution in [3.63, 3.8) is 0 Å². The molecule has 1 amide bonds. The fourth-order valence-corrected chi connectivity index (χ4v) is 2.94. The second-order valence-corrected chi connectivity index (χ2v) is 5.83. The van der Waals surface area contributed by atoms with Crippen LogP contribution < -0.4 is 5.32 Å². The largest absolute Gasteiger partial charge is 0.350 e. The SMILES string of the molecule is Cc1csc2nc(CNC(=O)C(C)Cn3cncn3)cn12. The van der Waals surface area contributed by atoms with Crippen LogP contribution in [0.1, 0.15) is 18.3 Å². The van der Waals surface area contributed by atoms with Gasteiger partial charge >= 0.3 is 0 Å². The van der Waals surface area contributed by atoms with Crippen LogP contribution in [0.5, 0.6) is 0 Å². The summed E-state index contributed by atoms with van der Waals surface area (Å²) >= 11 is 1.60. The topological polar surface area (TPSA) is 77.1 Å². The molecule has 7 nitrogen and oxygen atoms in total. The number of nitrogens with zero attached hydrogens (tertiary/aromatic N) is 5. The van der Waals surface area contributed by atoms with Gasteiger partial charge in [-0.3, -0.25) is 13.9 Å². The molecule has 1 N–H and O–H groups in total. The smallest absolute Gasteiger partial charge is 0.225 e. The van der Waals surface area contributed by atoms with Crippen molar-refractivity contribution < 1.29 is 4.79 Å². The van der Waals surface area contributed by atoms with Gasteiger partial charge < -0.3 is 5.32 Å². The molecule has 1 unspecified atom stereocenters. The number of amides is 1. The molecule has 110 valence electrons. The Bertz CT molecular complexity index is 744. The summed E-state index contributed by atoms with van der Waals surface area (Å²) in [4.78, 5) is 21.4. The van der Waals surface area contributed by atoms with Crippen LogP contribution in [0.25, 0.3) is 4.96 Å². The summed E-state index contributed by atoms with van der Waals surface area (Å²) in [5.41, 5.74) is 2.02. The first-order valence-electron chi connectivity index (χ1n) is 6.65. The van der Waals surface area contributed by atoms with Crippen molar-refractivity contribution in [2.45, 2.75) is 26.9 Å². The summed E-state index contributed by atoms with van der Waals surface area (Å²) in [6.07, 6.45) is 5.03. The van der Waals surface area contributed by atoms with Gasteiger partial charge in [0, 0.05) is 17.3 Å². The van der Waals surface area contributed by atoms with Crippen LogP contribution in [0.3, 0.4) is 0 Å². The van der Waals surface area contributed by atoms with Gasteiger partial charge in [-0.1, -0.05) is 6.92 Å². The Morgan fingerprint density at radius 3 is 3.10 bits per heavy atom. The van der Waals surface area contributed by atoms with Crippen molar-refractivity contribution >= 4 is 22.2 Å². The van der Waals surface area contributed by atoms with Crippen molar-refractivity contribution in [3.05, 3.63) is 35.6 Å². The molecule has 0 aliphatic carbocycles. The van der Waals surface area contributed by atoms with Crippen molar-refractivity contribution in [1.82, 2.24) is 29.5 Å². The highest BCUT2D eigenvalue weighted by molar-refractivity contribution is 7.15. The van der Waals surface area contributed by atoms with E-state index in [9.17, 15) is 4.79 Å². The number of nitrogens with one attached hydrogen (secondary N) is 1. The van der Waals surface area contributed by atoms with Gasteiger partial charge in [0.1, 0.15) is 12.7 Å². The Kier molecular flexibility index (Phi) is 3.70. The van der Waals surface area contributed by atoms with E-state index in [1.165, 1.54) is 6.33 Å². The normalized spacial score (nSPS) is 12.7. The highest BCUT2D eigenvalue weighted by Crippen LogP contribution is 2.15. The minimum Gasteiger partial charge on any atom is -0.350 e. The molecule has 3 aromatic rings. The predicted molar refractivity (Wildman–Crippen MR) is 78.8 cm³/mol. The summed E-state index contributed by atoms with van der Waals surface area (Å²) in [7, 11) is 0. The number of imidazole rings is 1. The lowest BCUT2D eigenvalue weighted by molar-refractivity contribution is -0.125. The number of carbonyl (C=O) groups excluding carboxylic acids is 1. The summed E-state index contributed by atoms with van der Waals surface area (Å²) in [6, 6.07) is 0. The van der Waals surface area contributed by atoms with Gasteiger partial charge in [0.2, 0.25) is 5.91 Å². The number of fused-ring (bicyclic) bond motifs is 1. The van der Waals surface area contributed by atoms with E-state index in [1.54, 1.807) is 22.3 Å². The Morgan fingerprint density at radius 1 is 1.52 bits per heavy atom. The molecule has 0 fully saturated rings. The third-order valence-electron chi connectivity index (χ3n) is 3.26. The lowest BCUT2D eigenvalue weighted by Gasteiger charge is -2.11. The van der Waals surface area contributed by atoms with E-state index in [1.807, 2.05) is 24.4 Å². The molecule has 3 rings (SSSR count). The average molecular weight is 304 g/mol. The van der Waals surface area contributed by atoms with Gasteiger partial charge in [-0.25, -0.2) is 9.97 Å². The molecule has 8 heteroatoms. The Morgan fingerprint density at radius 2 is 2.38 bits per heavy atom. The molecule has 0 spiro atoms.